The van der Waals surface area contributed by atoms with Crippen LogP contribution in [0.3, 0.4) is 0 Å². The fraction of sp³-hybridized carbons (Fsp3) is 0.941. The quantitative estimate of drug-likeness (QED) is 0.407. The molecule has 0 bridgehead atoms. The summed E-state index contributed by atoms with van der Waals surface area (Å²) in [5, 5.41) is 3.47. The predicted octanol–water partition coefficient (Wildman–Crippen LogP) is 2.41. The summed E-state index contributed by atoms with van der Waals surface area (Å²) in [5.74, 6) is 1.10. The van der Waals surface area contributed by atoms with Crippen LogP contribution < -0.4 is 5.32 Å². The SMILES string of the molecule is CCNC(=NCCN1CCOCC1C)N1CCC(C)(CC)C1.I. The molecule has 0 aliphatic carbocycles. The molecule has 0 aromatic rings. The van der Waals surface area contributed by atoms with Gasteiger partial charge < -0.3 is 15.0 Å². The van der Waals surface area contributed by atoms with Crippen LogP contribution in [0.1, 0.15) is 40.5 Å². The van der Waals surface area contributed by atoms with E-state index in [-0.39, 0.29) is 24.0 Å². The van der Waals surface area contributed by atoms with E-state index >= 15 is 0 Å². The maximum absolute atomic E-state index is 5.50. The molecule has 2 aliphatic rings. The molecule has 2 heterocycles. The number of hydrogen-bond donors (Lipinski definition) is 1. The monoisotopic (exact) mass is 438 g/mol. The lowest BCUT2D eigenvalue weighted by Crippen LogP contribution is -2.45. The van der Waals surface area contributed by atoms with Crippen molar-refractivity contribution in [2.45, 2.75) is 46.6 Å². The van der Waals surface area contributed by atoms with E-state index in [1.165, 1.54) is 12.8 Å². The molecule has 0 radical (unpaired) electrons. The van der Waals surface area contributed by atoms with Crippen LogP contribution in [0.5, 0.6) is 0 Å². The molecule has 0 aromatic heterocycles. The maximum Gasteiger partial charge on any atom is 0.193 e. The van der Waals surface area contributed by atoms with Gasteiger partial charge in [0.15, 0.2) is 5.96 Å². The number of halogens is 1. The van der Waals surface area contributed by atoms with Crippen LogP contribution >= 0.6 is 24.0 Å². The van der Waals surface area contributed by atoms with Gasteiger partial charge in [-0.15, -0.1) is 24.0 Å². The summed E-state index contributed by atoms with van der Waals surface area (Å²) in [5.41, 5.74) is 0.453. The minimum atomic E-state index is 0. The number of guanidine groups is 1. The van der Waals surface area contributed by atoms with E-state index in [1.807, 2.05) is 0 Å². The van der Waals surface area contributed by atoms with Crippen molar-refractivity contribution in [3.63, 3.8) is 0 Å². The molecule has 0 spiro atoms. The van der Waals surface area contributed by atoms with Crippen molar-refractivity contribution < 1.29 is 4.74 Å². The standard InChI is InChI=1S/C17H34N4O.HI/c1-5-17(4)7-9-21(14-17)16(18-6-2)19-8-10-20-11-12-22-13-15(20)3;/h15H,5-14H2,1-4H3,(H,18,19);1H. The van der Waals surface area contributed by atoms with Gasteiger partial charge in [0.2, 0.25) is 0 Å². The van der Waals surface area contributed by atoms with Gasteiger partial charge in [0, 0.05) is 38.8 Å². The zero-order valence-electron chi connectivity index (χ0n) is 15.3. The molecular weight excluding hydrogens is 403 g/mol. The van der Waals surface area contributed by atoms with E-state index in [0.29, 0.717) is 11.5 Å². The van der Waals surface area contributed by atoms with Gasteiger partial charge in [-0.3, -0.25) is 9.89 Å². The summed E-state index contributed by atoms with van der Waals surface area (Å²) in [6, 6.07) is 0.515. The molecule has 2 rings (SSSR count). The molecule has 6 heteroatoms. The predicted molar refractivity (Wildman–Crippen MR) is 108 cm³/mol. The average molecular weight is 438 g/mol. The molecule has 2 atom stereocenters. The Hall–Kier alpha value is -0.0800. The number of rotatable bonds is 5. The van der Waals surface area contributed by atoms with Crippen molar-refractivity contribution in [2.75, 3.05) is 52.5 Å². The van der Waals surface area contributed by atoms with E-state index < -0.39 is 0 Å². The first-order valence-electron chi connectivity index (χ1n) is 8.93. The first-order chi connectivity index (χ1) is 10.6. The normalized spacial score (nSPS) is 29.5. The van der Waals surface area contributed by atoms with Crippen molar-refractivity contribution in [3.8, 4) is 0 Å². The van der Waals surface area contributed by atoms with Gasteiger partial charge in [0.25, 0.3) is 0 Å². The second-order valence-corrected chi connectivity index (χ2v) is 7.03. The average Bonchev–Trinajstić information content (AvgIpc) is 2.91. The third-order valence-corrected chi connectivity index (χ3v) is 5.20. The number of nitrogens with zero attached hydrogens (tertiary/aromatic N) is 3. The lowest BCUT2D eigenvalue weighted by molar-refractivity contribution is 0.00139. The second-order valence-electron chi connectivity index (χ2n) is 7.03. The Kier molecular flexibility index (Phi) is 9.15. The van der Waals surface area contributed by atoms with Crippen LogP contribution in [0.2, 0.25) is 0 Å². The molecule has 136 valence electrons. The summed E-state index contributed by atoms with van der Waals surface area (Å²) in [7, 11) is 0. The van der Waals surface area contributed by atoms with E-state index in [9.17, 15) is 0 Å². The van der Waals surface area contributed by atoms with Gasteiger partial charge in [-0.2, -0.15) is 0 Å². The van der Waals surface area contributed by atoms with Crippen LogP contribution in [0.25, 0.3) is 0 Å². The van der Waals surface area contributed by atoms with Gasteiger partial charge in [0.05, 0.1) is 19.8 Å². The van der Waals surface area contributed by atoms with Crippen molar-refractivity contribution in [1.82, 2.24) is 15.1 Å². The van der Waals surface area contributed by atoms with Crippen molar-refractivity contribution in [1.29, 1.82) is 0 Å². The molecule has 23 heavy (non-hydrogen) atoms. The zero-order chi connectivity index (χ0) is 16.0. The highest BCUT2D eigenvalue weighted by molar-refractivity contribution is 14.0. The number of nitrogens with one attached hydrogen (secondary N) is 1. The van der Waals surface area contributed by atoms with E-state index in [0.717, 1.165) is 58.4 Å². The summed E-state index contributed by atoms with van der Waals surface area (Å²) in [6.45, 7) is 16.9. The minimum absolute atomic E-state index is 0. The zero-order valence-corrected chi connectivity index (χ0v) is 17.6. The number of aliphatic imine (C=N–C) groups is 1. The second kappa shape index (κ2) is 10.0. The third-order valence-electron chi connectivity index (χ3n) is 5.20. The van der Waals surface area contributed by atoms with Gasteiger partial charge in [-0.1, -0.05) is 13.8 Å². The topological polar surface area (TPSA) is 40.1 Å². The molecule has 2 unspecified atom stereocenters. The lowest BCUT2D eigenvalue weighted by atomic mass is 9.87. The number of ether oxygens (including phenoxy) is 1. The van der Waals surface area contributed by atoms with E-state index in [1.54, 1.807) is 0 Å². The van der Waals surface area contributed by atoms with Crippen molar-refractivity contribution in [2.24, 2.45) is 10.4 Å². The Bertz CT molecular complexity index is 380. The molecule has 0 aromatic carbocycles. The third kappa shape index (κ3) is 6.05. The number of likely N-dealkylation sites (tertiary alicyclic amines) is 1. The highest BCUT2D eigenvalue weighted by atomic mass is 127. The first-order valence-corrected chi connectivity index (χ1v) is 8.93. The fourth-order valence-electron chi connectivity index (χ4n) is 3.30. The van der Waals surface area contributed by atoms with Crippen LogP contribution in [0, 0.1) is 5.41 Å². The van der Waals surface area contributed by atoms with E-state index in [4.69, 9.17) is 9.73 Å². The number of morpholine rings is 1. The number of hydrogen-bond acceptors (Lipinski definition) is 3. The highest BCUT2D eigenvalue weighted by Gasteiger charge is 2.33. The Labute approximate surface area is 159 Å². The summed E-state index contributed by atoms with van der Waals surface area (Å²) < 4.78 is 5.50. The van der Waals surface area contributed by atoms with Gasteiger partial charge >= 0.3 is 0 Å². The molecule has 1 N–H and O–H groups in total. The highest BCUT2D eigenvalue weighted by Crippen LogP contribution is 2.32. The van der Waals surface area contributed by atoms with Crippen LogP contribution in [-0.4, -0.2) is 74.3 Å². The fourth-order valence-corrected chi connectivity index (χ4v) is 3.30. The molecule has 2 fully saturated rings. The molecule has 5 nitrogen and oxygen atoms in total. The first kappa shape index (κ1) is 21.0. The molecule has 2 aliphatic heterocycles. The summed E-state index contributed by atoms with van der Waals surface area (Å²) >= 11 is 0. The summed E-state index contributed by atoms with van der Waals surface area (Å²) in [4.78, 5) is 9.80. The van der Waals surface area contributed by atoms with Crippen molar-refractivity contribution >= 4 is 29.9 Å². The molecule has 2 saturated heterocycles. The summed E-state index contributed by atoms with van der Waals surface area (Å²) in [6.07, 6.45) is 2.52. The Morgan fingerprint density at radius 1 is 1.35 bits per heavy atom. The Balaban J connectivity index is 0.00000264. The van der Waals surface area contributed by atoms with E-state index in [2.05, 4.69) is 42.8 Å². The van der Waals surface area contributed by atoms with Crippen LogP contribution in [-0.2, 0) is 4.74 Å². The minimum Gasteiger partial charge on any atom is -0.379 e. The maximum atomic E-state index is 5.50. The molecule has 0 saturated carbocycles. The van der Waals surface area contributed by atoms with Crippen molar-refractivity contribution in [3.05, 3.63) is 0 Å². The molecular formula is C17H35IN4O. The Morgan fingerprint density at radius 3 is 2.74 bits per heavy atom. The van der Waals surface area contributed by atoms with Crippen LogP contribution in [0.4, 0.5) is 0 Å². The van der Waals surface area contributed by atoms with Gasteiger partial charge in [0.1, 0.15) is 0 Å². The lowest BCUT2D eigenvalue weighted by Gasteiger charge is -2.32. The van der Waals surface area contributed by atoms with Gasteiger partial charge in [-0.25, -0.2) is 0 Å². The largest absolute Gasteiger partial charge is 0.379 e. The Morgan fingerprint density at radius 2 is 2.13 bits per heavy atom. The van der Waals surface area contributed by atoms with Gasteiger partial charge in [-0.05, 0) is 32.1 Å². The smallest absolute Gasteiger partial charge is 0.193 e. The van der Waals surface area contributed by atoms with Crippen LogP contribution in [0.15, 0.2) is 4.99 Å². The molecule has 0 amide bonds.